The van der Waals surface area contributed by atoms with Gasteiger partial charge in [0.2, 0.25) is 11.8 Å². The number of fused-ring (bicyclic) bond motifs is 1. The van der Waals surface area contributed by atoms with Gasteiger partial charge in [0.05, 0.1) is 22.9 Å². The molecule has 2 aromatic carbocycles. The minimum absolute atomic E-state index is 0. The van der Waals surface area contributed by atoms with Gasteiger partial charge in [-0.1, -0.05) is 35.3 Å². The molecule has 0 aliphatic rings. The number of nitrogens with one attached hydrogen (secondary N) is 1. The van der Waals surface area contributed by atoms with Gasteiger partial charge in [-0.15, -0.1) is 12.4 Å². The Balaban J connectivity index is 0.00000506. The molecule has 0 bridgehead atoms. The molecular formula is C30H29BrCl3N5O4. The molecule has 0 radical (unpaired) electrons. The second kappa shape index (κ2) is 14.7. The number of anilines is 1. The van der Waals surface area contributed by atoms with Gasteiger partial charge in [-0.25, -0.2) is 4.98 Å². The summed E-state index contributed by atoms with van der Waals surface area (Å²) in [6, 6.07) is 13.8. The number of aromatic nitrogens is 2. The number of carbonyl (C=O) groups excluding carboxylic acids is 3. The maximum atomic E-state index is 12.9. The largest absolute Gasteiger partial charge is 0.485 e. The zero-order chi connectivity index (χ0) is 30.6. The number of hydrogen-bond acceptors (Lipinski definition) is 5. The van der Waals surface area contributed by atoms with Crippen molar-refractivity contribution < 1.29 is 19.1 Å². The molecule has 3 amide bonds. The van der Waals surface area contributed by atoms with E-state index >= 15 is 0 Å². The Bertz CT molecular complexity index is 1690. The smallest absolute Gasteiger partial charge is 0.253 e. The summed E-state index contributed by atoms with van der Waals surface area (Å²) < 4.78 is 8.74. The quantitative estimate of drug-likeness (QED) is 0.209. The van der Waals surface area contributed by atoms with Crippen molar-refractivity contribution in [2.75, 3.05) is 32.6 Å². The Labute approximate surface area is 274 Å². The van der Waals surface area contributed by atoms with E-state index < -0.39 is 5.91 Å². The van der Waals surface area contributed by atoms with E-state index in [4.69, 9.17) is 27.9 Å². The van der Waals surface area contributed by atoms with Crippen LogP contribution in [0.3, 0.4) is 0 Å². The van der Waals surface area contributed by atoms with Crippen molar-refractivity contribution in [3.05, 3.63) is 97.8 Å². The van der Waals surface area contributed by atoms with Crippen LogP contribution in [0.5, 0.6) is 5.75 Å². The third kappa shape index (κ3) is 7.88. The lowest BCUT2D eigenvalue weighted by Gasteiger charge is -2.21. The minimum Gasteiger partial charge on any atom is -0.485 e. The molecule has 4 rings (SSSR count). The summed E-state index contributed by atoms with van der Waals surface area (Å²) in [5, 5.41) is 3.22. The predicted octanol–water partition coefficient (Wildman–Crippen LogP) is 6.21. The molecule has 0 fully saturated rings. The number of aryl methyl sites for hydroxylation is 1. The number of pyridine rings is 1. The number of nitrogens with zero attached hydrogens (tertiary/aromatic N) is 4. The summed E-state index contributed by atoms with van der Waals surface area (Å²) in [4.78, 5) is 44.6. The van der Waals surface area contributed by atoms with Crippen LogP contribution >= 0.6 is 51.5 Å². The van der Waals surface area contributed by atoms with Gasteiger partial charge in [0.25, 0.3) is 5.91 Å². The Hall–Kier alpha value is -3.57. The van der Waals surface area contributed by atoms with Gasteiger partial charge in [-0.05, 0) is 70.9 Å². The zero-order valence-corrected chi connectivity index (χ0v) is 27.6. The molecule has 0 saturated heterocycles. The van der Waals surface area contributed by atoms with E-state index in [2.05, 4.69) is 26.2 Å². The van der Waals surface area contributed by atoms with Crippen molar-refractivity contribution >= 4 is 86.7 Å². The average molecular weight is 710 g/mol. The standard InChI is InChI=1S/C30H28BrCl2N5O4.ClH/c1-18-28(31)38-15-5-6-24(29(38)35-18)42-17-21-22(32)12-13-23(27(21)33)37(4)26(40)16-34-25(39)14-9-19-7-10-20(11-8-19)30(41)36(2)3;/h5-15H,16-17H2,1-4H3,(H,34,39);1H. The first-order valence-corrected chi connectivity index (χ1v) is 14.3. The Morgan fingerprint density at radius 2 is 1.77 bits per heavy atom. The minimum atomic E-state index is -0.448. The highest BCUT2D eigenvalue weighted by Gasteiger charge is 2.20. The molecule has 4 aromatic rings. The van der Waals surface area contributed by atoms with Crippen molar-refractivity contribution in [1.29, 1.82) is 0 Å². The van der Waals surface area contributed by atoms with E-state index in [-0.39, 0.29) is 42.4 Å². The normalized spacial score (nSPS) is 10.9. The SMILES string of the molecule is Cc1nc2c(OCc3c(Cl)ccc(N(C)C(=O)CNC(=O)C=Cc4ccc(C(=O)N(C)C)cc4)c3Cl)cccn2c1Br.Cl. The van der Waals surface area contributed by atoms with Crippen molar-refractivity contribution in [2.24, 2.45) is 0 Å². The second-order valence-corrected chi connectivity index (χ2v) is 11.1. The number of halogens is 4. The van der Waals surface area contributed by atoms with Crippen LogP contribution in [0.4, 0.5) is 5.69 Å². The molecule has 2 heterocycles. The molecule has 0 aliphatic heterocycles. The van der Waals surface area contributed by atoms with Crippen molar-refractivity contribution in [2.45, 2.75) is 13.5 Å². The number of benzene rings is 2. The molecule has 43 heavy (non-hydrogen) atoms. The topological polar surface area (TPSA) is 96.2 Å². The molecule has 0 saturated carbocycles. The molecule has 1 N–H and O–H groups in total. The van der Waals surface area contributed by atoms with Crippen LogP contribution in [0.25, 0.3) is 11.7 Å². The molecule has 0 aliphatic carbocycles. The Kier molecular flexibility index (Phi) is 11.6. The number of amides is 3. The highest BCUT2D eigenvalue weighted by Crippen LogP contribution is 2.35. The highest BCUT2D eigenvalue weighted by molar-refractivity contribution is 9.10. The van der Waals surface area contributed by atoms with Crippen LogP contribution < -0.4 is 15.0 Å². The lowest BCUT2D eigenvalue weighted by molar-refractivity contribution is -0.122. The summed E-state index contributed by atoms with van der Waals surface area (Å²) in [7, 11) is 4.92. The summed E-state index contributed by atoms with van der Waals surface area (Å²) in [5.41, 5.74) is 3.66. The van der Waals surface area contributed by atoms with Crippen LogP contribution in [-0.2, 0) is 16.2 Å². The number of likely N-dealkylation sites (N-methyl/N-ethyl adjacent to an activating group) is 1. The zero-order valence-electron chi connectivity index (χ0n) is 23.7. The molecule has 2 aromatic heterocycles. The molecule has 0 unspecified atom stereocenters. The van der Waals surface area contributed by atoms with E-state index in [0.29, 0.717) is 33.2 Å². The van der Waals surface area contributed by atoms with Crippen LogP contribution in [0.2, 0.25) is 10.0 Å². The van der Waals surface area contributed by atoms with E-state index in [1.165, 1.54) is 15.9 Å². The number of imidazole rings is 1. The lowest BCUT2D eigenvalue weighted by atomic mass is 10.1. The summed E-state index contributed by atoms with van der Waals surface area (Å²) in [6.07, 6.45) is 4.79. The molecule has 226 valence electrons. The first-order valence-electron chi connectivity index (χ1n) is 12.7. The van der Waals surface area contributed by atoms with Gasteiger partial charge < -0.3 is 19.9 Å². The monoisotopic (exact) mass is 707 g/mol. The summed E-state index contributed by atoms with van der Waals surface area (Å²) >= 11 is 16.7. The number of hydrogen-bond donors (Lipinski definition) is 1. The summed E-state index contributed by atoms with van der Waals surface area (Å²) in [5.74, 6) is -0.401. The third-order valence-electron chi connectivity index (χ3n) is 6.39. The fourth-order valence-corrected chi connectivity index (χ4v) is 4.99. The maximum Gasteiger partial charge on any atom is 0.253 e. The van der Waals surface area contributed by atoms with Gasteiger partial charge in [-0.3, -0.25) is 18.8 Å². The molecule has 9 nitrogen and oxygen atoms in total. The Morgan fingerprint density at radius 1 is 1.07 bits per heavy atom. The molecule has 0 atom stereocenters. The van der Waals surface area contributed by atoms with Crippen LogP contribution in [0.1, 0.15) is 27.2 Å². The van der Waals surface area contributed by atoms with E-state index in [1.807, 2.05) is 23.6 Å². The first-order chi connectivity index (χ1) is 20.0. The Morgan fingerprint density at radius 3 is 2.44 bits per heavy atom. The van der Waals surface area contributed by atoms with Crippen LogP contribution in [0, 0.1) is 6.92 Å². The fourth-order valence-electron chi connectivity index (χ4n) is 4.01. The fraction of sp³-hybridized carbons (Fsp3) is 0.200. The maximum absolute atomic E-state index is 12.9. The molecular weight excluding hydrogens is 681 g/mol. The van der Waals surface area contributed by atoms with Crippen LogP contribution in [0.15, 0.2) is 65.4 Å². The van der Waals surface area contributed by atoms with E-state index in [1.54, 1.807) is 69.7 Å². The predicted molar refractivity (Wildman–Crippen MR) is 176 cm³/mol. The van der Waals surface area contributed by atoms with Crippen LogP contribution in [-0.4, -0.2) is 59.7 Å². The number of rotatable bonds is 9. The van der Waals surface area contributed by atoms with E-state index in [9.17, 15) is 14.4 Å². The van der Waals surface area contributed by atoms with Gasteiger partial charge in [0.1, 0.15) is 11.2 Å². The van der Waals surface area contributed by atoms with Gasteiger partial charge in [-0.2, -0.15) is 0 Å². The number of carbonyl (C=O) groups is 3. The molecule has 0 spiro atoms. The van der Waals surface area contributed by atoms with E-state index in [0.717, 1.165) is 15.9 Å². The molecule has 13 heteroatoms. The van der Waals surface area contributed by atoms with Gasteiger partial charge >= 0.3 is 0 Å². The third-order valence-corrected chi connectivity index (χ3v) is 8.12. The van der Waals surface area contributed by atoms with Gasteiger partial charge in [0, 0.05) is 49.6 Å². The average Bonchev–Trinajstić information content (AvgIpc) is 3.27. The van der Waals surface area contributed by atoms with Crippen molar-refractivity contribution in [3.63, 3.8) is 0 Å². The summed E-state index contributed by atoms with van der Waals surface area (Å²) in [6.45, 7) is 1.68. The highest BCUT2D eigenvalue weighted by atomic mass is 79.9. The van der Waals surface area contributed by atoms with Crippen molar-refractivity contribution in [3.8, 4) is 5.75 Å². The lowest BCUT2D eigenvalue weighted by Crippen LogP contribution is -2.37. The second-order valence-electron chi connectivity index (χ2n) is 9.53. The first kappa shape index (κ1) is 33.9. The van der Waals surface area contributed by atoms with Crippen molar-refractivity contribution in [1.82, 2.24) is 19.6 Å². The number of ether oxygens (including phenoxy) is 1. The van der Waals surface area contributed by atoms with Gasteiger partial charge in [0.15, 0.2) is 11.4 Å².